The number of likely N-dealkylation sites (tertiary alicyclic amines) is 1. The molecule has 80 valence electrons. The first-order chi connectivity index (χ1) is 6.75. The lowest BCUT2D eigenvalue weighted by molar-refractivity contribution is 0.0385. The molecule has 2 atom stereocenters. The van der Waals surface area contributed by atoms with Crippen molar-refractivity contribution in [2.75, 3.05) is 19.6 Å². The number of aliphatic hydroxyl groups is 1. The number of nitrogens with zero attached hydrogens (tertiary/aromatic N) is 4. The molecule has 0 amide bonds. The van der Waals surface area contributed by atoms with E-state index in [9.17, 15) is 5.11 Å². The highest BCUT2D eigenvalue weighted by atomic mass is 16.3. The van der Waals surface area contributed by atoms with Crippen LogP contribution in [0.2, 0.25) is 0 Å². The molecule has 0 aliphatic carbocycles. The fourth-order valence-electron chi connectivity index (χ4n) is 2.06. The topological polar surface area (TPSA) is 72.2 Å². The van der Waals surface area contributed by atoms with Gasteiger partial charge in [-0.15, -0.1) is 0 Å². The molecule has 1 heterocycles. The molecular formula is C9H18N4O. The summed E-state index contributed by atoms with van der Waals surface area (Å²) in [7, 11) is 0. The van der Waals surface area contributed by atoms with Gasteiger partial charge in [0.2, 0.25) is 0 Å². The molecule has 0 aromatic carbocycles. The van der Waals surface area contributed by atoms with E-state index in [1.807, 2.05) is 6.92 Å². The molecule has 0 spiro atoms. The molecule has 1 N–H and O–H groups in total. The summed E-state index contributed by atoms with van der Waals surface area (Å²) in [4.78, 5) is 4.95. The molecule has 0 aromatic heterocycles. The third-order valence-corrected chi connectivity index (χ3v) is 2.77. The molecule has 0 saturated carbocycles. The Balaban J connectivity index is 2.41. The van der Waals surface area contributed by atoms with E-state index in [1.165, 1.54) is 12.8 Å². The number of hydrogen-bond donors (Lipinski definition) is 1. The average molecular weight is 198 g/mol. The minimum atomic E-state index is -0.290. The van der Waals surface area contributed by atoms with Gasteiger partial charge in [-0.25, -0.2) is 0 Å². The van der Waals surface area contributed by atoms with Crippen LogP contribution in [0.3, 0.4) is 0 Å². The molecule has 0 aromatic rings. The molecular weight excluding hydrogens is 180 g/mol. The van der Waals surface area contributed by atoms with Crippen LogP contribution in [-0.2, 0) is 0 Å². The molecule has 0 radical (unpaired) electrons. The lowest BCUT2D eigenvalue weighted by atomic mass is 9.98. The zero-order valence-electron chi connectivity index (χ0n) is 8.63. The summed E-state index contributed by atoms with van der Waals surface area (Å²) < 4.78 is 0. The van der Waals surface area contributed by atoms with Gasteiger partial charge >= 0.3 is 0 Å². The van der Waals surface area contributed by atoms with Gasteiger partial charge in [0.1, 0.15) is 0 Å². The van der Waals surface area contributed by atoms with Crippen molar-refractivity contribution >= 4 is 0 Å². The van der Waals surface area contributed by atoms with Crippen molar-refractivity contribution < 1.29 is 5.11 Å². The van der Waals surface area contributed by atoms with E-state index in [0.717, 1.165) is 19.5 Å². The average Bonchev–Trinajstić information content (AvgIpc) is 2.19. The summed E-state index contributed by atoms with van der Waals surface area (Å²) in [5.41, 5.74) is 8.16. The smallest absolute Gasteiger partial charge is 0.0667 e. The monoisotopic (exact) mass is 198 g/mol. The first-order valence-corrected chi connectivity index (χ1v) is 5.18. The van der Waals surface area contributed by atoms with E-state index in [1.54, 1.807) is 0 Å². The van der Waals surface area contributed by atoms with Gasteiger partial charge in [0.05, 0.1) is 6.10 Å². The third-order valence-electron chi connectivity index (χ3n) is 2.77. The minimum absolute atomic E-state index is 0.248. The normalized spacial score (nSPS) is 25.4. The molecule has 0 bridgehead atoms. The Morgan fingerprint density at radius 1 is 1.64 bits per heavy atom. The van der Waals surface area contributed by atoms with E-state index in [-0.39, 0.29) is 12.1 Å². The summed E-state index contributed by atoms with van der Waals surface area (Å²) in [6.45, 7) is 4.10. The fourth-order valence-corrected chi connectivity index (χ4v) is 2.06. The van der Waals surface area contributed by atoms with Gasteiger partial charge in [-0.1, -0.05) is 11.5 Å². The van der Waals surface area contributed by atoms with Crippen LogP contribution in [0.4, 0.5) is 0 Å². The molecule has 1 rings (SSSR count). The Bertz CT molecular complexity index is 213. The first kappa shape index (κ1) is 11.3. The van der Waals surface area contributed by atoms with E-state index >= 15 is 0 Å². The quantitative estimate of drug-likeness (QED) is 0.422. The Labute approximate surface area is 84.3 Å². The SMILES string of the molecule is C[C@@H](O)[C@H]1CCCCN1CCN=[N+]=[N-]. The maximum Gasteiger partial charge on any atom is 0.0667 e. The third kappa shape index (κ3) is 3.18. The van der Waals surface area contributed by atoms with Crippen LogP contribution in [-0.4, -0.2) is 41.8 Å². The first-order valence-electron chi connectivity index (χ1n) is 5.18. The van der Waals surface area contributed by atoms with Crippen molar-refractivity contribution in [1.82, 2.24) is 4.90 Å². The van der Waals surface area contributed by atoms with Gasteiger partial charge in [0, 0.05) is 24.0 Å². The van der Waals surface area contributed by atoms with Crippen molar-refractivity contribution in [3.63, 3.8) is 0 Å². The van der Waals surface area contributed by atoms with Crippen LogP contribution in [0.1, 0.15) is 26.2 Å². The number of rotatable bonds is 4. The highest BCUT2D eigenvalue weighted by Gasteiger charge is 2.25. The van der Waals surface area contributed by atoms with Crippen molar-refractivity contribution in [2.45, 2.75) is 38.3 Å². The summed E-state index contributed by atoms with van der Waals surface area (Å²) in [6.07, 6.45) is 3.13. The van der Waals surface area contributed by atoms with E-state index in [2.05, 4.69) is 14.9 Å². The van der Waals surface area contributed by atoms with E-state index in [4.69, 9.17) is 5.53 Å². The predicted molar refractivity (Wildman–Crippen MR) is 54.9 cm³/mol. The zero-order valence-corrected chi connectivity index (χ0v) is 8.63. The van der Waals surface area contributed by atoms with Gasteiger partial charge in [-0.3, -0.25) is 4.90 Å². The van der Waals surface area contributed by atoms with Gasteiger partial charge < -0.3 is 5.11 Å². The summed E-state index contributed by atoms with van der Waals surface area (Å²) >= 11 is 0. The van der Waals surface area contributed by atoms with Gasteiger partial charge in [-0.2, -0.15) is 0 Å². The zero-order chi connectivity index (χ0) is 10.4. The summed E-state index contributed by atoms with van der Waals surface area (Å²) in [5.74, 6) is 0. The van der Waals surface area contributed by atoms with Gasteiger partial charge in [0.15, 0.2) is 0 Å². The number of aliphatic hydroxyl groups excluding tert-OH is 1. The Morgan fingerprint density at radius 3 is 3.07 bits per heavy atom. The second kappa shape index (κ2) is 5.86. The standard InChI is InChI=1S/C9H18N4O/c1-8(14)9-4-2-3-6-13(9)7-5-11-12-10/h8-9,14H,2-7H2,1H3/t8-,9-/m1/s1. The van der Waals surface area contributed by atoms with Crippen molar-refractivity contribution in [3.05, 3.63) is 10.4 Å². The Hall–Kier alpha value is -0.770. The lowest BCUT2D eigenvalue weighted by Crippen LogP contribution is -2.46. The molecule has 1 saturated heterocycles. The van der Waals surface area contributed by atoms with Crippen molar-refractivity contribution in [3.8, 4) is 0 Å². The molecule has 1 aliphatic heterocycles. The fraction of sp³-hybridized carbons (Fsp3) is 1.00. The highest BCUT2D eigenvalue weighted by Crippen LogP contribution is 2.19. The molecule has 1 fully saturated rings. The number of azide groups is 1. The second-order valence-corrected chi connectivity index (χ2v) is 3.79. The molecule has 5 nitrogen and oxygen atoms in total. The molecule has 0 unspecified atom stereocenters. The van der Waals surface area contributed by atoms with Crippen LogP contribution in [0.25, 0.3) is 10.4 Å². The highest BCUT2D eigenvalue weighted by molar-refractivity contribution is 4.81. The molecule has 5 heteroatoms. The predicted octanol–water partition coefficient (Wildman–Crippen LogP) is 1.53. The van der Waals surface area contributed by atoms with E-state index in [0.29, 0.717) is 6.54 Å². The second-order valence-electron chi connectivity index (χ2n) is 3.79. The van der Waals surface area contributed by atoms with Crippen LogP contribution in [0.15, 0.2) is 5.11 Å². The number of piperidine rings is 1. The largest absolute Gasteiger partial charge is 0.392 e. The Morgan fingerprint density at radius 2 is 2.43 bits per heavy atom. The minimum Gasteiger partial charge on any atom is -0.392 e. The molecule has 1 aliphatic rings. The van der Waals surface area contributed by atoms with Crippen LogP contribution in [0.5, 0.6) is 0 Å². The summed E-state index contributed by atoms with van der Waals surface area (Å²) in [5, 5.41) is 13.1. The van der Waals surface area contributed by atoms with Gasteiger partial charge in [-0.05, 0) is 31.8 Å². The van der Waals surface area contributed by atoms with Crippen molar-refractivity contribution in [1.29, 1.82) is 0 Å². The Kier molecular flexibility index (Phi) is 4.73. The van der Waals surface area contributed by atoms with Crippen LogP contribution < -0.4 is 0 Å². The summed E-state index contributed by atoms with van der Waals surface area (Å²) in [6, 6.07) is 0.248. The van der Waals surface area contributed by atoms with Crippen LogP contribution >= 0.6 is 0 Å². The van der Waals surface area contributed by atoms with Crippen LogP contribution in [0, 0.1) is 0 Å². The van der Waals surface area contributed by atoms with Gasteiger partial charge in [0.25, 0.3) is 0 Å². The lowest BCUT2D eigenvalue weighted by Gasteiger charge is -2.37. The van der Waals surface area contributed by atoms with E-state index < -0.39 is 0 Å². The maximum atomic E-state index is 9.56. The molecule has 14 heavy (non-hydrogen) atoms. The maximum absolute atomic E-state index is 9.56. The van der Waals surface area contributed by atoms with Crippen molar-refractivity contribution in [2.24, 2.45) is 5.11 Å². The number of hydrogen-bond acceptors (Lipinski definition) is 3.